The van der Waals surface area contributed by atoms with E-state index >= 15 is 0 Å². The van der Waals surface area contributed by atoms with Gasteiger partial charge in [0.05, 0.1) is 39.9 Å². The zero-order valence-electron chi connectivity index (χ0n) is 41.6. The normalized spacial score (nSPS) is 14.4. The highest BCUT2D eigenvalue weighted by atomic mass is 32.3. The summed E-state index contributed by atoms with van der Waals surface area (Å²) in [4.78, 5) is 29.6. The Labute approximate surface area is 434 Å². The summed E-state index contributed by atoms with van der Waals surface area (Å²) >= 11 is 3.73. The molecule has 72 heavy (non-hydrogen) atoms. The Morgan fingerprint density at radius 2 is 1.14 bits per heavy atom. The molecule has 0 fully saturated rings. The molecule has 2 aliphatic heterocycles. The van der Waals surface area contributed by atoms with Crippen molar-refractivity contribution < 1.29 is 19.4 Å². The lowest BCUT2D eigenvalue weighted by molar-refractivity contribution is 0.0696. The van der Waals surface area contributed by atoms with Crippen LogP contribution >= 0.6 is 32.7 Å². The van der Waals surface area contributed by atoms with Crippen molar-refractivity contribution in [2.45, 2.75) is 104 Å². The van der Waals surface area contributed by atoms with Gasteiger partial charge in [0.25, 0.3) is 0 Å². The van der Waals surface area contributed by atoms with Gasteiger partial charge in [-0.2, -0.15) is 0 Å². The standard InChI is InChI=1S/C63H62N2O4S3/c1-5-7-9-17-39-68-49-32-28-47(29-33-49)65(48-30-34-50(35-31-48)69-40-18-10-8-6-2)46-26-23-44(24-27-46)56-43-58-61(71-56)60-57(72(58,52-19-13-11-14-20-52)53-21-15-12-16-22-53)42-51(70-60)36-38-59-63(3,4)54-41-45(62(66)67)25-37-55(54)64-59/h11-16,19-38,41-43H,5-10,17-18,39-40H2,1-4H3,(H,66,67). The molecular weight excluding hydrogens is 945 g/mol. The molecule has 0 amide bonds. The first-order valence-electron chi connectivity index (χ1n) is 25.4. The molecule has 0 aliphatic carbocycles. The van der Waals surface area contributed by atoms with Gasteiger partial charge in [-0.3, -0.25) is 4.99 Å². The van der Waals surface area contributed by atoms with E-state index in [1.165, 1.54) is 78.3 Å². The summed E-state index contributed by atoms with van der Waals surface area (Å²) in [6, 6.07) is 58.3. The van der Waals surface area contributed by atoms with Crippen LogP contribution in [0.1, 0.15) is 99.9 Å². The molecule has 0 saturated heterocycles. The summed E-state index contributed by atoms with van der Waals surface area (Å²) in [5.41, 5.74) is 6.86. The molecule has 2 aromatic heterocycles. The Morgan fingerprint density at radius 1 is 0.611 bits per heavy atom. The van der Waals surface area contributed by atoms with Crippen LogP contribution in [0.4, 0.5) is 22.7 Å². The second kappa shape index (κ2) is 21.6. The van der Waals surface area contributed by atoms with Crippen LogP contribution in [0, 0.1) is 0 Å². The minimum atomic E-state index is -1.87. The molecule has 0 radical (unpaired) electrons. The van der Waals surface area contributed by atoms with E-state index in [0.29, 0.717) is 0 Å². The highest BCUT2D eigenvalue weighted by molar-refractivity contribution is 8.34. The molecule has 6 aromatic carbocycles. The van der Waals surface area contributed by atoms with E-state index in [4.69, 9.17) is 14.5 Å². The maximum atomic E-state index is 11.9. The molecule has 8 aromatic rings. The van der Waals surface area contributed by atoms with Crippen LogP contribution in [0.5, 0.6) is 11.5 Å². The number of benzene rings is 6. The fourth-order valence-electron chi connectivity index (χ4n) is 9.90. The maximum absolute atomic E-state index is 11.9. The van der Waals surface area contributed by atoms with Gasteiger partial charge in [0.1, 0.15) is 11.5 Å². The number of hydrogen-bond donors (Lipinski definition) is 1. The van der Waals surface area contributed by atoms with E-state index in [-0.39, 0.29) is 5.56 Å². The molecule has 10 rings (SSSR count). The number of unbranched alkanes of at least 4 members (excludes halogenated alkanes) is 6. The number of carboxylic acid groups (broad SMARTS) is 1. The third kappa shape index (κ3) is 9.70. The first-order chi connectivity index (χ1) is 35.2. The van der Waals surface area contributed by atoms with Gasteiger partial charge >= 0.3 is 5.97 Å². The van der Waals surface area contributed by atoms with Crippen molar-refractivity contribution in [1.82, 2.24) is 0 Å². The number of ether oxygens (including phenoxy) is 2. The number of allylic oxidation sites excluding steroid dienone is 1. The Hall–Kier alpha value is -6.65. The highest BCUT2D eigenvalue weighted by Crippen LogP contribution is 2.82. The van der Waals surface area contributed by atoms with Gasteiger partial charge < -0.3 is 19.5 Å². The van der Waals surface area contributed by atoms with Crippen LogP contribution in [-0.2, 0) is 5.41 Å². The number of nitrogens with zero attached hydrogens (tertiary/aromatic N) is 2. The molecule has 2 aliphatic rings. The number of rotatable bonds is 21. The number of aromatic carboxylic acids is 1. The second-order valence-electron chi connectivity index (χ2n) is 19.1. The van der Waals surface area contributed by atoms with Crippen molar-refractivity contribution in [1.29, 1.82) is 0 Å². The van der Waals surface area contributed by atoms with Gasteiger partial charge in [-0.15, -0.1) is 32.7 Å². The zero-order valence-corrected chi connectivity index (χ0v) is 44.1. The Balaban J connectivity index is 0.999. The van der Waals surface area contributed by atoms with Gasteiger partial charge in [-0.1, -0.05) is 115 Å². The van der Waals surface area contributed by atoms with Crippen molar-refractivity contribution >= 4 is 73.2 Å². The summed E-state index contributed by atoms with van der Waals surface area (Å²) in [5, 5.41) is 9.74. The molecule has 0 saturated carbocycles. The monoisotopic (exact) mass is 1010 g/mol. The average molecular weight is 1010 g/mol. The largest absolute Gasteiger partial charge is 0.494 e. The second-order valence-corrected chi connectivity index (χ2v) is 24.2. The van der Waals surface area contributed by atoms with Crippen LogP contribution in [-0.4, -0.2) is 30.0 Å². The average Bonchev–Trinajstić information content (AvgIpc) is 4.16. The Bertz CT molecular complexity index is 3110. The Kier molecular flexibility index (Phi) is 14.7. The molecule has 366 valence electrons. The Morgan fingerprint density at radius 3 is 1.68 bits per heavy atom. The van der Waals surface area contributed by atoms with Gasteiger partial charge in [0.2, 0.25) is 0 Å². The number of hydrogen-bond acceptors (Lipinski definition) is 7. The van der Waals surface area contributed by atoms with Gasteiger partial charge in [0, 0.05) is 51.8 Å². The number of thiophene rings is 2. The van der Waals surface area contributed by atoms with Crippen LogP contribution in [0.3, 0.4) is 0 Å². The highest BCUT2D eigenvalue weighted by Gasteiger charge is 2.45. The van der Waals surface area contributed by atoms with Gasteiger partial charge in [-0.25, -0.2) is 4.79 Å². The van der Waals surface area contributed by atoms with Gasteiger partial charge in [-0.05, 0) is 151 Å². The molecule has 0 unspecified atom stereocenters. The van der Waals surface area contributed by atoms with E-state index in [1.54, 1.807) is 12.1 Å². The van der Waals surface area contributed by atoms with Crippen molar-refractivity contribution in [3.05, 3.63) is 186 Å². The fraction of sp³-hybridized carbons (Fsp3) is 0.238. The quantitative estimate of drug-likeness (QED) is 0.0726. The summed E-state index contributed by atoms with van der Waals surface area (Å²) < 4.78 is 12.3. The van der Waals surface area contributed by atoms with Crippen molar-refractivity contribution in [3.8, 4) is 31.7 Å². The number of carbonyl (C=O) groups is 1. The molecule has 6 nitrogen and oxygen atoms in total. The fourth-order valence-corrected chi connectivity index (χ4v) is 17.4. The maximum Gasteiger partial charge on any atom is 0.335 e. The molecule has 0 bridgehead atoms. The molecule has 0 atom stereocenters. The van der Waals surface area contributed by atoms with E-state index in [1.807, 2.05) is 28.7 Å². The molecule has 4 heterocycles. The van der Waals surface area contributed by atoms with Gasteiger partial charge in [0.15, 0.2) is 0 Å². The lowest BCUT2D eigenvalue weighted by Gasteiger charge is -2.38. The van der Waals surface area contributed by atoms with E-state index in [2.05, 4.69) is 190 Å². The smallest absolute Gasteiger partial charge is 0.335 e. The summed E-state index contributed by atoms with van der Waals surface area (Å²) in [6.07, 6.45) is 13.7. The van der Waals surface area contributed by atoms with Crippen LogP contribution in [0.15, 0.2) is 194 Å². The van der Waals surface area contributed by atoms with E-state index < -0.39 is 21.4 Å². The first-order valence-corrected chi connectivity index (χ1v) is 28.7. The molecular formula is C63H62N2O4S3. The molecule has 0 spiro atoms. The number of carboxylic acids is 1. The third-order valence-corrected chi connectivity index (χ3v) is 20.4. The lowest BCUT2D eigenvalue weighted by atomic mass is 9.81. The van der Waals surface area contributed by atoms with Crippen LogP contribution in [0.25, 0.3) is 26.3 Å². The topological polar surface area (TPSA) is 71.4 Å². The SMILES string of the molecule is CCCCCCOc1ccc(N(c2ccc(OCCCCCC)cc2)c2ccc(-c3cc4c(s3)-c3sc(C=CC5=Nc6ccc(C(=O)O)cc6C5(C)C)cc3S4(c3ccccc3)c3ccccc3)cc2)cc1. The van der Waals surface area contributed by atoms with E-state index in [0.717, 1.165) is 76.5 Å². The van der Waals surface area contributed by atoms with Crippen molar-refractivity contribution in [3.63, 3.8) is 0 Å². The number of fused-ring (bicyclic) bond motifs is 4. The summed E-state index contributed by atoms with van der Waals surface area (Å²) in [6.45, 7) is 10.2. The number of aliphatic imine (C=N–C) groups is 1. The first kappa shape index (κ1) is 49.0. The molecule has 9 heteroatoms. The van der Waals surface area contributed by atoms with E-state index in [9.17, 15) is 9.90 Å². The minimum absolute atomic E-state index is 0.280. The minimum Gasteiger partial charge on any atom is -0.494 e. The predicted octanol–water partition coefficient (Wildman–Crippen LogP) is 19.0. The van der Waals surface area contributed by atoms with Crippen molar-refractivity contribution in [2.24, 2.45) is 4.99 Å². The number of anilines is 3. The van der Waals surface area contributed by atoms with Crippen LogP contribution in [0.2, 0.25) is 0 Å². The van der Waals surface area contributed by atoms with Crippen molar-refractivity contribution in [2.75, 3.05) is 18.1 Å². The lowest BCUT2D eigenvalue weighted by Crippen LogP contribution is -2.24. The predicted molar refractivity (Wildman–Crippen MR) is 303 cm³/mol. The van der Waals surface area contributed by atoms with Crippen LogP contribution < -0.4 is 14.4 Å². The molecule has 1 N–H and O–H groups in total. The third-order valence-electron chi connectivity index (χ3n) is 13.8. The zero-order chi connectivity index (χ0) is 49.7. The summed E-state index contributed by atoms with van der Waals surface area (Å²) in [5.74, 6) is 0.848. The summed E-state index contributed by atoms with van der Waals surface area (Å²) in [7, 11) is -1.87.